The van der Waals surface area contributed by atoms with Crippen LogP contribution in [0.1, 0.15) is 21.8 Å². The molecule has 0 saturated heterocycles. The number of rotatable bonds is 6. The lowest BCUT2D eigenvalue weighted by Gasteiger charge is -2.15. The number of aromatic amines is 1. The van der Waals surface area contributed by atoms with Crippen LogP contribution in [-0.2, 0) is 11.3 Å². The second kappa shape index (κ2) is 9.02. The maximum atomic E-state index is 13.0. The van der Waals surface area contributed by atoms with E-state index in [-0.39, 0.29) is 18.0 Å². The van der Waals surface area contributed by atoms with Crippen LogP contribution in [0.2, 0.25) is 0 Å². The van der Waals surface area contributed by atoms with Crippen LogP contribution in [0.5, 0.6) is 0 Å². The Morgan fingerprint density at radius 3 is 2.50 bits per heavy atom. The number of benzene rings is 1. The molecule has 0 fully saturated rings. The minimum atomic E-state index is -0.180. The number of aromatic nitrogens is 3. The fourth-order valence-electron chi connectivity index (χ4n) is 3.59. The Balaban J connectivity index is 1.51. The third-order valence-corrected chi connectivity index (χ3v) is 6.14. The molecule has 0 spiro atoms. The lowest BCUT2D eigenvalue weighted by molar-refractivity contribution is -0.117. The highest BCUT2D eigenvalue weighted by Gasteiger charge is 2.17. The summed E-state index contributed by atoms with van der Waals surface area (Å²) in [6.45, 7) is 6.48. The highest BCUT2D eigenvalue weighted by atomic mass is 32.1. The summed E-state index contributed by atoms with van der Waals surface area (Å²) in [6.07, 6.45) is 1.71. The molecule has 0 bridgehead atoms. The van der Waals surface area contributed by atoms with Crippen LogP contribution in [0.4, 0.5) is 5.82 Å². The zero-order valence-electron chi connectivity index (χ0n) is 18.5. The third kappa shape index (κ3) is 4.76. The van der Waals surface area contributed by atoms with Crippen LogP contribution in [0, 0.1) is 20.8 Å². The molecule has 0 aliphatic rings. The number of likely N-dealkylation sites (N-methyl/N-ethyl adjacent to an activating group) is 1. The van der Waals surface area contributed by atoms with Crippen LogP contribution in [0.3, 0.4) is 0 Å². The molecule has 7 nitrogen and oxygen atoms in total. The first-order valence-electron chi connectivity index (χ1n) is 10.3. The number of nitrogens with one attached hydrogen (secondary N) is 2. The first-order chi connectivity index (χ1) is 15.3. The molecule has 1 amide bonds. The average molecular weight is 448 g/mol. The summed E-state index contributed by atoms with van der Waals surface area (Å²) in [5.41, 5.74) is 3.98. The van der Waals surface area contributed by atoms with Crippen LogP contribution in [0.15, 0.2) is 47.4 Å². The number of thiophene rings is 1. The third-order valence-electron chi connectivity index (χ3n) is 5.14. The van der Waals surface area contributed by atoms with Gasteiger partial charge in [0.05, 0.1) is 18.5 Å². The molecule has 2 N–H and O–H groups in total. The van der Waals surface area contributed by atoms with Crippen molar-refractivity contribution in [1.29, 1.82) is 0 Å². The SMILES string of the molecule is Cc1ccc(-c2c(C)sc3nc(CN(C)CC(=O)Nc4ccc(C)cn4)[nH]c(=O)c23)cc1. The van der Waals surface area contributed by atoms with E-state index >= 15 is 0 Å². The fraction of sp³-hybridized carbons (Fsp3) is 0.250. The number of nitrogens with zero attached hydrogens (tertiary/aromatic N) is 3. The van der Waals surface area contributed by atoms with Gasteiger partial charge >= 0.3 is 0 Å². The van der Waals surface area contributed by atoms with E-state index in [1.54, 1.807) is 17.2 Å². The molecule has 4 aromatic rings. The number of hydrogen-bond donors (Lipinski definition) is 2. The van der Waals surface area contributed by atoms with E-state index < -0.39 is 0 Å². The van der Waals surface area contributed by atoms with Crippen molar-refractivity contribution in [3.05, 3.63) is 74.8 Å². The summed E-state index contributed by atoms with van der Waals surface area (Å²) < 4.78 is 0. The molecule has 4 rings (SSSR count). The molecule has 32 heavy (non-hydrogen) atoms. The highest BCUT2D eigenvalue weighted by molar-refractivity contribution is 7.19. The van der Waals surface area contributed by atoms with Gasteiger partial charge in [0.15, 0.2) is 0 Å². The Kier molecular flexibility index (Phi) is 6.16. The first-order valence-corrected chi connectivity index (χ1v) is 11.1. The van der Waals surface area contributed by atoms with Crippen LogP contribution >= 0.6 is 11.3 Å². The maximum absolute atomic E-state index is 13.0. The van der Waals surface area contributed by atoms with Crippen LogP contribution in [0.25, 0.3) is 21.3 Å². The Bertz CT molecular complexity index is 1320. The minimum Gasteiger partial charge on any atom is -0.310 e. The monoisotopic (exact) mass is 447 g/mol. The van der Waals surface area contributed by atoms with Crippen molar-refractivity contribution in [3.8, 4) is 11.1 Å². The van der Waals surface area contributed by atoms with Gasteiger partial charge in [0, 0.05) is 16.6 Å². The normalized spacial score (nSPS) is 11.3. The van der Waals surface area contributed by atoms with Crippen molar-refractivity contribution >= 4 is 33.3 Å². The smallest absolute Gasteiger partial charge is 0.260 e. The molecule has 0 aliphatic heterocycles. The summed E-state index contributed by atoms with van der Waals surface area (Å²) in [5.74, 6) is 0.864. The Labute approximate surface area is 190 Å². The van der Waals surface area contributed by atoms with Gasteiger partial charge in [-0.2, -0.15) is 0 Å². The van der Waals surface area contributed by atoms with Gasteiger partial charge in [-0.3, -0.25) is 14.5 Å². The van der Waals surface area contributed by atoms with E-state index in [0.717, 1.165) is 21.6 Å². The average Bonchev–Trinajstić information content (AvgIpc) is 3.06. The first kappa shape index (κ1) is 21.9. The largest absolute Gasteiger partial charge is 0.310 e. The van der Waals surface area contributed by atoms with Gasteiger partial charge in [0.2, 0.25) is 5.91 Å². The standard InChI is InChI=1S/C24H25N5O2S/c1-14-5-8-17(9-6-14)21-16(3)32-24-22(21)23(31)27-19(28-24)12-29(4)13-20(30)26-18-10-7-15(2)11-25-18/h5-11H,12-13H2,1-4H3,(H,25,26,30)(H,27,28,31). The van der Waals surface area contributed by atoms with Crippen molar-refractivity contribution in [2.24, 2.45) is 0 Å². The topological polar surface area (TPSA) is 91.0 Å². The van der Waals surface area contributed by atoms with Crippen LogP contribution in [-0.4, -0.2) is 39.4 Å². The number of anilines is 1. The van der Waals surface area contributed by atoms with Gasteiger partial charge in [-0.05, 0) is 45.0 Å². The number of amides is 1. The maximum Gasteiger partial charge on any atom is 0.260 e. The molecule has 1 aromatic carbocycles. The summed E-state index contributed by atoms with van der Waals surface area (Å²) in [6, 6.07) is 11.8. The number of carbonyl (C=O) groups is 1. The van der Waals surface area contributed by atoms with Crippen molar-refractivity contribution in [1.82, 2.24) is 19.9 Å². The van der Waals surface area contributed by atoms with E-state index in [4.69, 9.17) is 0 Å². The molecule has 8 heteroatoms. The van der Waals surface area contributed by atoms with E-state index in [2.05, 4.69) is 20.3 Å². The minimum absolute atomic E-state index is 0.148. The van der Waals surface area contributed by atoms with Crippen molar-refractivity contribution in [2.45, 2.75) is 27.3 Å². The van der Waals surface area contributed by atoms with Gasteiger partial charge in [0.1, 0.15) is 16.5 Å². The molecule has 164 valence electrons. The molecule has 0 unspecified atom stereocenters. The van der Waals surface area contributed by atoms with Gasteiger partial charge in [-0.1, -0.05) is 35.9 Å². The lowest BCUT2D eigenvalue weighted by Crippen LogP contribution is -2.31. The Morgan fingerprint density at radius 1 is 1.09 bits per heavy atom. The fourth-order valence-corrected chi connectivity index (χ4v) is 4.65. The van der Waals surface area contributed by atoms with E-state index in [1.807, 2.05) is 58.2 Å². The summed E-state index contributed by atoms with van der Waals surface area (Å²) in [5, 5.41) is 3.39. The molecule has 0 aliphatic carbocycles. The van der Waals surface area contributed by atoms with E-state index in [9.17, 15) is 9.59 Å². The Hall–Kier alpha value is -3.36. The summed E-state index contributed by atoms with van der Waals surface area (Å²) in [7, 11) is 1.81. The van der Waals surface area contributed by atoms with Gasteiger partial charge in [-0.15, -0.1) is 11.3 Å². The van der Waals surface area contributed by atoms with Crippen molar-refractivity contribution < 1.29 is 4.79 Å². The second-order valence-electron chi connectivity index (χ2n) is 8.03. The number of H-pyrrole nitrogens is 1. The van der Waals surface area contributed by atoms with Gasteiger partial charge < -0.3 is 10.3 Å². The summed E-state index contributed by atoms with van der Waals surface area (Å²) in [4.78, 5) is 40.6. The van der Waals surface area contributed by atoms with Gasteiger partial charge in [0.25, 0.3) is 5.56 Å². The van der Waals surface area contributed by atoms with E-state index in [1.165, 1.54) is 16.9 Å². The number of hydrogen-bond acceptors (Lipinski definition) is 6. The molecule has 3 aromatic heterocycles. The zero-order valence-corrected chi connectivity index (χ0v) is 19.3. The van der Waals surface area contributed by atoms with Gasteiger partial charge in [-0.25, -0.2) is 9.97 Å². The zero-order chi connectivity index (χ0) is 22.8. The predicted octanol–water partition coefficient (Wildman–Crippen LogP) is 4.04. The molecular formula is C24H25N5O2S. The number of carbonyl (C=O) groups excluding carboxylic acids is 1. The number of fused-ring (bicyclic) bond motifs is 1. The molecular weight excluding hydrogens is 422 g/mol. The predicted molar refractivity (Wildman–Crippen MR) is 129 cm³/mol. The highest BCUT2D eigenvalue weighted by Crippen LogP contribution is 2.35. The van der Waals surface area contributed by atoms with Crippen molar-refractivity contribution in [3.63, 3.8) is 0 Å². The number of pyridine rings is 1. The molecule has 0 saturated carbocycles. The lowest BCUT2D eigenvalue weighted by atomic mass is 10.0. The number of aryl methyl sites for hydroxylation is 3. The summed E-state index contributed by atoms with van der Waals surface area (Å²) >= 11 is 1.51. The van der Waals surface area contributed by atoms with Crippen LogP contribution < -0.4 is 10.9 Å². The van der Waals surface area contributed by atoms with Crippen molar-refractivity contribution in [2.75, 3.05) is 18.9 Å². The molecule has 0 radical (unpaired) electrons. The van der Waals surface area contributed by atoms with E-state index in [0.29, 0.717) is 28.4 Å². The quantitative estimate of drug-likeness (QED) is 0.465. The molecule has 0 atom stereocenters. The molecule has 3 heterocycles. The second-order valence-corrected chi connectivity index (χ2v) is 9.24. The Morgan fingerprint density at radius 2 is 1.81 bits per heavy atom.